The first-order valence-electron chi connectivity index (χ1n) is 14.2. The SMILES string of the molecule is CCCCCC(=O)N1CCN(CCN(C/C=C/c2ccccc2OC)C(=O)CC(C)CC(C)(C)C)CC1. The van der Waals surface area contributed by atoms with Gasteiger partial charge in [0, 0.05) is 64.2 Å². The van der Waals surface area contributed by atoms with Crippen molar-refractivity contribution in [2.24, 2.45) is 11.3 Å². The van der Waals surface area contributed by atoms with Gasteiger partial charge in [0.2, 0.25) is 11.8 Å². The Labute approximate surface area is 226 Å². The largest absolute Gasteiger partial charge is 0.496 e. The predicted molar refractivity (Wildman–Crippen MR) is 154 cm³/mol. The van der Waals surface area contributed by atoms with Crippen LogP contribution in [-0.2, 0) is 9.59 Å². The van der Waals surface area contributed by atoms with E-state index in [1.165, 1.54) is 0 Å². The number of unbranched alkanes of at least 4 members (excludes halogenated alkanes) is 2. The zero-order valence-electron chi connectivity index (χ0n) is 24.3. The van der Waals surface area contributed by atoms with Crippen molar-refractivity contribution in [2.75, 3.05) is 52.9 Å². The van der Waals surface area contributed by atoms with Crippen LogP contribution in [0.3, 0.4) is 0 Å². The summed E-state index contributed by atoms with van der Waals surface area (Å²) < 4.78 is 5.46. The van der Waals surface area contributed by atoms with Crippen LogP contribution in [0.4, 0.5) is 0 Å². The van der Waals surface area contributed by atoms with Crippen LogP contribution in [-0.4, -0.2) is 79.4 Å². The van der Waals surface area contributed by atoms with E-state index in [4.69, 9.17) is 4.74 Å². The highest BCUT2D eigenvalue weighted by molar-refractivity contribution is 5.77. The minimum Gasteiger partial charge on any atom is -0.496 e. The zero-order chi connectivity index (χ0) is 27.3. The van der Waals surface area contributed by atoms with E-state index in [9.17, 15) is 9.59 Å². The van der Waals surface area contributed by atoms with Crippen molar-refractivity contribution in [2.45, 2.75) is 73.1 Å². The number of ether oxygens (including phenoxy) is 1. The Morgan fingerprint density at radius 1 is 1.11 bits per heavy atom. The second-order valence-electron chi connectivity index (χ2n) is 11.7. The first-order chi connectivity index (χ1) is 17.6. The average Bonchev–Trinajstić information content (AvgIpc) is 2.85. The summed E-state index contributed by atoms with van der Waals surface area (Å²) in [7, 11) is 1.68. The van der Waals surface area contributed by atoms with Crippen molar-refractivity contribution in [3.8, 4) is 5.75 Å². The third-order valence-electron chi connectivity index (χ3n) is 7.00. The van der Waals surface area contributed by atoms with Gasteiger partial charge in [0.15, 0.2) is 0 Å². The van der Waals surface area contributed by atoms with Gasteiger partial charge < -0.3 is 14.5 Å². The van der Waals surface area contributed by atoms with Crippen LogP contribution < -0.4 is 4.74 Å². The van der Waals surface area contributed by atoms with E-state index in [1.54, 1.807) is 7.11 Å². The van der Waals surface area contributed by atoms with E-state index >= 15 is 0 Å². The molecule has 2 amide bonds. The zero-order valence-corrected chi connectivity index (χ0v) is 24.3. The van der Waals surface area contributed by atoms with E-state index in [-0.39, 0.29) is 11.3 Å². The van der Waals surface area contributed by atoms with Gasteiger partial charge in [-0.2, -0.15) is 0 Å². The Bertz CT molecular complexity index is 853. The molecule has 1 unspecified atom stereocenters. The summed E-state index contributed by atoms with van der Waals surface area (Å²) in [5.74, 6) is 1.68. The molecule has 6 nitrogen and oxygen atoms in total. The number of rotatable bonds is 14. The number of methoxy groups -OCH3 is 1. The summed E-state index contributed by atoms with van der Waals surface area (Å²) in [6.07, 6.45) is 9.62. The molecule has 2 rings (SSSR count). The maximum atomic E-state index is 13.3. The second kappa shape index (κ2) is 15.8. The number of benzene rings is 1. The highest BCUT2D eigenvalue weighted by atomic mass is 16.5. The molecular formula is C31H51N3O3. The molecule has 1 aromatic carbocycles. The fourth-order valence-corrected chi connectivity index (χ4v) is 5.14. The second-order valence-corrected chi connectivity index (χ2v) is 11.7. The Morgan fingerprint density at radius 2 is 1.81 bits per heavy atom. The lowest BCUT2D eigenvalue weighted by Crippen LogP contribution is -2.50. The molecule has 0 aromatic heterocycles. The molecule has 1 aliphatic rings. The van der Waals surface area contributed by atoms with Gasteiger partial charge in [-0.05, 0) is 30.2 Å². The Morgan fingerprint density at radius 3 is 2.46 bits per heavy atom. The van der Waals surface area contributed by atoms with Gasteiger partial charge in [-0.3, -0.25) is 14.5 Å². The monoisotopic (exact) mass is 513 g/mol. The van der Waals surface area contributed by atoms with Crippen molar-refractivity contribution < 1.29 is 14.3 Å². The van der Waals surface area contributed by atoms with Gasteiger partial charge in [0.05, 0.1) is 7.11 Å². The van der Waals surface area contributed by atoms with Gasteiger partial charge in [0.25, 0.3) is 0 Å². The number of carbonyl (C=O) groups excluding carboxylic acids is 2. The third kappa shape index (κ3) is 11.7. The molecule has 1 aliphatic heterocycles. The molecule has 208 valence electrons. The molecule has 1 fully saturated rings. The number of nitrogens with zero attached hydrogens (tertiary/aromatic N) is 3. The highest BCUT2D eigenvalue weighted by Crippen LogP contribution is 2.26. The summed E-state index contributed by atoms with van der Waals surface area (Å²) in [5, 5.41) is 0. The summed E-state index contributed by atoms with van der Waals surface area (Å²) in [4.78, 5) is 32.2. The van der Waals surface area contributed by atoms with Crippen LogP contribution in [0.2, 0.25) is 0 Å². The van der Waals surface area contributed by atoms with Gasteiger partial charge in [-0.25, -0.2) is 0 Å². The summed E-state index contributed by atoms with van der Waals surface area (Å²) in [5.41, 5.74) is 1.22. The normalized spacial score (nSPS) is 15.7. The highest BCUT2D eigenvalue weighted by Gasteiger charge is 2.23. The molecule has 6 heteroatoms. The first kappa shape index (κ1) is 30.9. The maximum absolute atomic E-state index is 13.3. The summed E-state index contributed by atoms with van der Waals surface area (Å²) >= 11 is 0. The van der Waals surface area contributed by atoms with Gasteiger partial charge in [0.1, 0.15) is 5.75 Å². The van der Waals surface area contributed by atoms with E-state index < -0.39 is 0 Å². The molecule has 0 radical (unpaired) electrons. The molecule has 1 atom stereocenters. The molecule has 0 aliphatic carbocycles. The standard InChI is InChI=1S/C31H51N3O3/c1-7-8-9-16-29(35)34-22-19-32(20-23-34)18-21-33(30(36)24-26(2)25-31(3,4)5)17-12-14-27-13-10-11-15-28(27)37-6/h10-15,26H,7-9,16-25H2,1-6H3/b14-12+. The van der Waals surface area contributed by atoms with E-state index in [0.29, 0.717) is 37.8 Å². The van der Waals surface area contributed by atoms with Crippen LogP contribution in [0.15, 0.2) is 30.3 Å². The summed E-state index contributed by atoms with van der Waals surface area (Å²) in [6.45, 7) is 16.5. The van der Waals surface area contributed by atoms with Crippen molar-refractivity contribution in [1.82, 2.24) is 14.7 Å². The van der Waals surface area contributed by atoms with Gasteiger partial charge in [-0.1, -0.05) is 77.8 Å². The molecule has 0 N–H and O–H groups in total. The van der Waals surface area contributed by atoms with Gasteiger partial charge in [-0.15, -0.1) is 0 Å². The first-order valence-corrected chi connectivity index (χ1v) is 14.2. The molecule has 0 spiro atoms. The maximum Gasteiger partial charge on any atom is 0.223 e. The van der Waals surface area contributed by atoms with Crippen LogP contribution >= 0.6 is 0 Å². The minimum absolute atomic E-state index is 0.210. The molecule has 1 saturated heterocycles. The number of piperazine rings is 1. The number of hydrogen-bond acceptors (Lipinski definition) is 4. The quantitative estimate of drug-likeness (QED) is 0.298. The smallest absolute Gasteiger partial charge is 0.223 e. The molecule has 37 heavy (non-hydrogen) atoms. The van der Waals surface area contributed by atoms with Crippen molar-refractivity contribution in [3.05, 3.63) is 35.9 Å². The number of hydrogen-bond donors (Lipinski definition) is 0. The number of para-hydroxylation sites is 1. The van der Waals surface area contributed by atoms with Gasteiger partial charge >= 0.3 is 0 Å². The lowest BCUT2D eigenvalue weighted by atomic mass is 9.84. The number of carbonyl (C=O) groups is 2. The fraction of sp³-hybridized carbons (Fsp3) is 0.677. The lowest BCUT2D eigenvalue weighted by Gasteiger charge is -2.36. The Balaban J connectivity index is 1.94. The lowest BCUT2D eigenvalue weighted by molar-refractivity contribution is -0.133. The molecule has 1 heterocycles. The molecule has 0 saturated carbocycles. The van der Waals surface area contributed by atoms with E-state index in [0.717, 1.165) is 69.7 Å². The molecular weight excluding hydrogens is 462 g/mol. The molecule has 1 aromatic rings. The third-order valence-corrected chi connectivity index (χ3v) is 7.00. The minimum atomic E-state index is 0.210. The molecule has 0 bridgehead atoms. The predicted octanol–water partition coefficient (Wildman–Crippen LogP) is 5.72. The van der Waals surface area contributed by atoms with Crippen molar-refractivity contribution in [1.29, 1.82) is 0 Å². The van der Waals surface area contributed by atoms with E-state index in [1.807, 2.05) is 40.1 Å². The van der Waals surface area contributed by atoms with E-state index in [2.05, 4.69) is 45.6 Å². The Kier molecular flexibility index (Phi) is 13.2. The van der Waals surface area contributed by atoms with Crippen molar-refractivity contribution >= 4 is 17.9 Å². The number of amides is 2. The van der Waals surface area contributed by atoms with Crippen LogP contribution in [0.1, 0.15) is 78.7 Å². The van der Waals surface area contributed by atoms with Crippen LogP contribution in [0.25, 0.3) is 6.08 Å². The van der Waals surface area contributed by atoms with Crippen LogP contribution in [0.5, 0.6) is 5.75 Å². The fourth-order valence-electron chi connectivity index (χ4n) is 5.14. The average molecular weight is 514 g/mol. The Hall–Kier alpha value is -2.34. The van der Waals surface area contributed by atoms with Crippen molar-refractivity contribution in [3.63, 3.8) is 0 Å². The summed E-state index contributed by atoms with van der Waals surface area (Å²) in [6, 6.07) is 7.93. The van der Waals surface area contributed by atoms with Crippen LogP contribution in [0, 0.1) is 11.3 Å². The topological polar surface area (TPSA) is 53.1 Å².